The topological polar surface area (TPSA) is 63.2 Å². The lowest BCUT2D eigenvalue weighted by atomic mass is 9.80. The second-order valence-electron chi connectivity index (χ2n) is 9.61. The van der Waals surface area contributed by atoms with Crippen LogP contribution in [0.25, 0.3) is 0 Å². The van der Waals surface area contributed by atoms with E-state index in [0.29, 0.717) is 25.6 Å². The van der Waals surface area contributed by atoms with Gasteiger partial charge in [0.2, 0.25) is 0 Å². The molecule has 1 aromatic rings. The first-order chi connectivity index (χ1) is 12.9. The lowest BCUT2D eigenvalue weighted by Crippen LogP contribution is -2.70. The van der Waals surface area contributed by atoms with E-state index < -0.39 is 31.2 Å². The lowest BCUT2D eigenvalue weighted by Gasteiger charge is -2.57. The molecule has 2 aliphatic rings. The van der Waals surface area contributed by atoms with Crippen molar-refractivity contribution in [2.45, 2.75) is 64.8 Å². The minimum absolute atomic E-state index is 0.296. The van der Waals surface area contributed by atoms with Gasteiger partial charge in [-0.15, -0.1) is 0 Å². The average molecular weight is 409 g/mol. The van der Waals surface area contributed by atoms with E-state index in [-0.39, 0.29) is 5.97 Å². The highest BCUT2D eigenvalue weighted by Gasteiger charge is 2.66. The van der Waals surface area contributed by atoms with Gasteiger partial charge in [-0.3, -0.25) is 4.79 Å². The predicted molar refractivity (Wildman–Crippen MR) is 108 cm³/mol. The summed E-state index contributed by atoms with van der Waals surface area (Å²) in [6, 6.07) is 7.45. The van der Waals surface area contributed by atoms with Gasteiger partial charge >= 0.3 is 5.97 Å². The Kier molecular flexibility index (Phi) is 5.53. The van der Waals surface area contributed by atoms with Crippen LogP contribution in [0, 0.1) is 5.41 Å². The van der Waals surface area contributed by atoms with Crippen molar-refractivity contribution < 1.29 is 28.2 Å². The quantitative estimate of drug-likeness (QED) is 0.416. The molecule has 1 aromatic carbocycles. The SMILES string of the molecule is CC(C)(C)C(=O)Oc1ccccc1[C@H]1OC[C@@]1(O[Si](C)(C)C)C1(C)OCCO1. The number of ether oxygens (including phenoxy) is 4. The van der Waals surface area contributed by atoms with Gasteiger partial charge in [-0.05, 0) is 53.4 Å². The summed E-state index contributed by atoms with van der Waals surface area (Å²) in [5.41, 5.74) is -0.633. The van der Waals surface area contributed by atoms with Gasteiger partial charge in [0.1, 0.15) is 11.9 Å². The van der Waals surface area contributed by atoms with E-state index in [1.807, 2.05) is 45.9 Å². The Morgan fingerprint density at radius 3 is 2.25 bits per heavy atom. The van der Waals surface area contributed by atoms with Crippen LogP contribution in [0.3, 0.4) is 0 Å². The van der Waals surface area contributed by atoms with Crippen molar-refractivity contribution in [3.63, 3.8) is 0 Å². The molecule has 2 heterocycles. The van der Waals surface area contributed by atoms with Crippen LogP contribution in [0.2, 0.25) is 19.6 Å². The number of carbonyl (C=O) groups excluding carboxylic acids is 1. The molecular weight excluding hydrogens is 376 g/mol. The molecule has 0 aromatic heterocycles. The summed E-state index contributed by atoms with van der Waals surface area (Å²) >= 11 is 0. The Hall–Kier alpha value is -1.25. The van der Waals surface area contributed by atoms with Gasteiger partial charge in [-0.1, -0.05) is 18.2 Å². The molecule has 0 saturated carbocycles. The van der Waals surface area contributed by atoms with Gasteiger partial charge in [0, 0.05) is 5.56 Å². The van der Waals surface area contributed by atoms with Gasteiger partial charge in [0.05, 0.1) is 25.2 Å². The summed E-state index contributed by atoms with van der Waals surface area (Å²) in [6.07, 6.45) is -0.453. The molecule has 0 spiro atoms. The minimum Gasteiger partial charge on any atom is -0.426 e. The normalized spacial score (nSPS) is 27.3. The molecule has 2 fully saturated rings. The Bertz CT molecular complexity index is 729. The average Bonchev–Trinajstić information content (AvgIpc) is 2.99. The number of para-hydroxylation sites is 1. The van der Waals surface area contributed by atoms with Crippen LogP contribution in [-0.2, 0) is 23.4 Å². The molecule has 0 unspecified atom stereocenters. The Balaban J connectivity index is 1.99. The fraction of sp³-hybridized carbons (Fsp3) is 0.667. The minimum atomic E-state index is -1.98. The van der Waals surface area contributed by atoms with Crippen LogP contribution in [0.15, 0.2) is 24.3 Å². The van der Waals surface area contributed by atoms with Crippen LogP contribution < -0.4 is 4.74 Å². The molecule has 0 bridgehead atoms. The first-order valence-corrected chi connectivity index (χ1v) is 13.2. The summed E-state index contributed by atoms with van der Waals surface area (Å²) in [6.45, 7) is 15.2. The van der Waals surface area contributed by atoms with Crippen molar-refractivity contribution >= 4 is 14.3 Å². The fourth-order valence-corrected chi connectivity index (χ4v) is 5.00. The second-order valence-corrected chi connectivity index (χ2v) is 14.0. The van der Waals surface area contributed by atoms with Crippen LogP contribution >= 0.6 is 0 Å². The van der Waals surface area contributed by atoms with E-state index in [9.17, 15) is 4.79 Å². The molecule has 2 saturated heterocycles. The molecule has 0 radical (unpaired) electrons. The summed E-state index contributed by atoms with van der Waals surface area (Å²) in [5.74, 6) is -0.731. The third kappa shape index (κ3) is 3.91. The largest absolute Gasteiger partial charge is 0.426 e. The Morgan fingerprint density at radius 2 is 1.75 bits per heavy atom. The molecule has 7 heteroatoms. The molecule has 0 N–H and O–H groups in total. The Labute approximate surface area is 168 Å². The molecule has 28 heavy (non-hydrogen) atoms. The summed E-state index contributed by atoms with van der Waals surface area (Å²) in [5, 5.41) is 0. The highest BCUT2D eigenvalue weighted by atomic mass is 28.4. The van der Waals surface area contributed by atoms with Crippen LogP contribution in [-0.4, -0.2) is 45.5 Å². The number of carbonyl (C=O) groups is 1. The first-order valence-electron chi connectivity index (χ1n) is 9.79. The summed E-state index contributed by atoms with van der Waals surface area (Å²) in [7, 11) is -1.98. The zero-order valence-corrected chi connectivity index (χ0v) is 19.0. The van der Waals surface area contributed by atoms with Gasteiger partial charge < -0.3 is 23.4 Å². The molecule has 2 atom stereocenters. The van der Waals surface area contributed by atoms with E-state index in [4.69, 9.17) is 23.4 Å². The van der Waals surface area contributed by atoms with Crippen LogP contribution in [0.1, 0.15) is 39.4 Å². The first kappa shape index (κ1) is 21.5. The van der Waals surface area contributed by atoms with Crippen molar-refractivity contribution in [2.24, 2.45) is 5.41 Å². The zero-order chi connectivity index (χ0) is 20.8. The second kappa shape index (κ2) is 7.22. The van der Waals surface area contributed by atoms with E-state index in [1.165, 1.54) is 0 Å². The Morgan fingerprint density at radius 1 is 1.14 bits per heavy atom. The fourth-order valence-electron chi connectivity index (χ4n) is 3.55. The third-order valence-corrected chi connectivity index (χ3v) is 5.98. The maximum absolute atomic E-state index is 12.5. The van der Waals surface area contributed by atoms with Crippen molar-refractivity contribution in [2.75, 3.05) is 19.8 Å². The maximum atomic E-state index is 12.5. The van der Waals surface area contributed by atoms with E-state index in [1.54, 1.807) is 6.07 Å². The molecule has 0 aliphatic carbocycles. The molecular formula is C21H32O6Si. The molecule has 2 aliphatic heterocycles. The molecule has 6 nitrogen and oxygen atoms in total. The molecule has 0 amide bonds. The van der Waals surface area contributed by atoms with Crippen LogP contribution in [0.4, 0.5) is 0 Å². The maximum Gasteiger partial charge on any atom is 0.316 e. The zero-order valence-electron chi connectivity index (χ0n) is 18.0. The summed E-state index contributed by atoms with van der Waals surface area (Å²) in [4.78, 5) is 12.5. The highest BCUT2D eigenvalue weighted by molar-refractivity contribution is 6.69. The van der Waals surface area contributed by atoms with Crippen molar-refractivity contribution in [3.05, 3.63) is 29.8 Å². The molecule has 156 valence electrons. The van der Waals surface area contributed by atoms with E-state index in [2.05, 4.69) is 19.6 Å². The molecule has 3 rings (SSSR count). The third-order valence-electron chi connectivity index (χ3n) is 5.00. The smallest absolute Gasteiger partial charge is 0.316 e. The van der Waals surface area contributed by atoms with Gasteiger partial charge in [0.25, 0.3) is 0 Å². The predicted octanol–water partition coefficient (Wildman–Crippen LogP) is 4.06. The number of hydrogen-bond donors (Lipinski definition) is 0. The van der Waals surface area contributed by atoms with E-state index >= 15 is 0 Å². The number of rotatable bonds is 5. The van der Waals surface area contributed by atoms with E-state index in [0.717, 1.165) is 5.56 Å². The van der Waals surface area contributed by atoms with Crippen molar-refractivity contribution in [1.29, 1.82) is 0 Å². The standard InChI is InChI=1S/C21H32O6Si/c1-19(2,3)18(22)26-16-11-9-8-10-15(16)17-21(14-23-17,27-28(5,6)7)20(4)24-12-13-25-20/h8-11,17H,12-14H2,1-7H3/t17-,21+/m1/s1. The lowest BCUT2D eigenvalue weighted by molar-refractivity contribution is -0.356. The van der Waals surface area contributed by atoms with Gasteiger partial charge in [0.15, 0.2) is 19.7 Å². The number of esters is 1. The van der Waals surface area contributed by atoms with Crippen molar-refractivity contribution in [1.82, 2.24) is 0 Å². The van der Waals surface area contributed by atoms with Crippen LogP contribution in [0.5, 0.6) is 5.75 Å². The number of benzene rings is 1. The van der Waals surface area contributed by atoms with Crippen molar-refractivity contribution in [3.8, 4) is 5.75 Å². The number of hydrogen-bond acceptors (Lipinski definition) is 6. The summed E-state index contributed by atoms with van der Waals surface area (Å²) < 4.78 is 30.4. The van der Waals surface area contributed by atoms with Gasteiger partial charge in [-0.2, -0.15) is 0 Å². The van der Waals surface area contributed by atoms with Gasteiger partial charge in [-0.25, -0.2) is 0 Å². The monoisotopic (exact) mass is 408 g/mol. The highest BCUT2D eigenvalue weighted by Crippen LogP contribution is 2.54.